The monoisotopic (exact) mass is 1300 g/mol. The highest BCUT2D eigenvalue weighted by Crippen LogP contribution is 2.34. The number of hydrogen-bond acceptors (Lipinski definition) is 18. The molecule has 0 aliphatic carbocycles. The lowest BCUT2D eigenvalue weighted by Gasteiger charge is -2.31. The van der Waals surface area contributed by atoms with E-state index in [1.54, 1.807) is 76.2 Å². The van der Waals surface area contributed by atoms with Gasteiger partial charge in [0.2, 0.25) is 41.4 Å². The molecule has 1 saturated heterocycles. The van der Waals surface area contributed by atoms with Gasteiger partial charge in [0, 0.05) is 111 Å². The van der Waals surface area contributed by atoms with Crippen molar-refractivity contribution in [2.24, 2.45) is 35.5 Å². The summed E-state index contributed by atoms with van der Waals surface area (Å²) in [6, 6.07) is 5.23. The Bertz CT molecular complexity index is 3350. The van der Waals surface area contributed by atoms with Crippen LogP contribution >= 0.6 is 11.8 Å². The molecule has 28 nitrogen and oxygen atoms in total. The molecule has 0 spiro atoms. The smallest absolute Gasteiger partial charge is 0.322 e. The molecule has 3 aromatic rings. The second-order valence-corrected chi connectivity index (χ2v) is 25.3. The number of carbonyl (C=O) groups excluding carboxylic acids is 14. The number of urea groups is 1. The molecule has 4 aliphatic heterocycles. The van der Waals surface area contributed by atoms with Crippen LogP contribution in [0, 0.1) is 35.5 Å². The molecule has 12 amide bonds. The lowest BCUT2D eigenvalue weighted by Crippen LogP contribution is -2.58. The van der Waals surface area contributed by atoms with Crippen LogP contribution in [-0.4, -0.2) is 187 Å². The Labute approximate surface area is 534 Å². The van der Waals surface area contributed by atoms with Crippen molar-refractivity contribution in [1.82, 2.24) is 52.0 Å². The predicted molar refractivity (Wildman–Crippen MR) is 332 cm³/mol. The zero-order valence-corrected chi connectivity index (χ0v) is 52.9. The Morgan fingerprint density at radius 3 is 2.16 bits per heavy atom. The van der Waals surface area contributed by atoms with Gasteiger partial charge in [-0.15, -0.1) is 11.8 Å². The average Bonchev–Trinajstić information content (AvgIpc) is 1.64. The van der Waals surface area contributed by atoms with Gasteiger partial charge in [-0.3, -0.25) is 72.5 Å². The van der Waals surface area contributed by atoms with E-state index in [2.05, 4.69) is 47.5 Å². The molecule has 92 heavy (non-hydrogen) atoms. The Hall–Kier alpha value is -8.67. The molecule has 0 radical (unpaired) electrons. The first-order chi connectivity index (χ1) is 43.7. The number of aromatic nitrogens is 1. The van der Waals surface area contributed by atoms with Crippen molar-refractivity contribution in [1.29, 1.82) is 0 Å². The second-order valence-electron chi connectivity index (χ2n) is 24.3. The summed E-state index contributed by atoms with van der Waals surface area (Å²) < 4.78 is 0. The number of fused-ring (bicyclic) bond motifs is 5. The zero-order valence-electron chi connectivity index (χ0n) is 52.0. The summed E-state index contributed by atoms with van der Waals surface area (Å²) in [5.41, 5.74) is 1.80. The second kappa shape index (κ2) is 32.1. The normalized spacial score (nSPS) is 24.0. The van der Waals surface area contributed by atoms with Gasteiger partial charge in [-0.25, -0.2) is 4.79 Å². The molecule has 496 valence electrons. The van der Waals surface area contributed by atoms with Crippen molar-refractivity contribution in [2.75, 3.05) is 37.3 Å². The van der Waals surface area contributed by atoms with Gasteiger partial charge in [0.1, 0.15) is 12.1 Å². The van der Waals surface area contributed by atoms with Gasteiger partial charge in [-0.1, -0.05) is 78.3 Å². The van der Waals surface area contributed by atoms with Crippen molar-refractivity contribution in [2.45, 2.75) is 147 Å². The Morgan fingerprint density at radius 2 is 1.49 bits per heavy atom. The highest BCUT2D eigenvalue weighted by Gasteiger charge is 2.45. The SMILES string of the molecule is CC[C@H](C)[C@@H]1NC(=O)NC(=O)[C@@H]2Cc3c([nH]c4ccccc34)SC[C@H](NC(=O)CNC1=O)C(=O)C[C@@H](CC(=O)NCc1ccc(NC(=O)[C@H](C)CC(=O)[C@@H](NC(=O)CCN3C(=O)C=CC3=O)C(C)C)cc1)C(=O)N1C[C@H](O)C[C@@H]1C(=O)C[C@@H]([C@@H](C)[C@@H](O)CO)C(=O)N2. The first-order valence-electron chi connectivity index (χ1n) is 30.7. The van der Waals surface area contributed by atoms with Crippen LogP contribution in [0.5, 0.6) is 0 Å². The van der Waals surface area contributed by atoms with Gasteiger partial charge in [0.15, 0.2) is 17.3 Å². The molecular weight excluding hydrogens is 1210 g/mol. The molecule has 12 N–H and O–H groups in total. The number of ketones is 3. The van der Waals surface area contributed by atoms with Crippen molar-refractivity contribution >= 4 is 111 Å². The van der Waals surface area contributed by atoms with Crippen molar-refractivity contribution in [3.05, 3.63) is 71.8 Å². The van der Waals surface area contributed by atoms with Crippen LogP contribution in [0.3, 0.4) is 0 Å². The number of H-pyrrole nitrogens is 1. The number of aliphatic hydroxyl groups excluding tert-OH is 3. The number of aliphatic hydroxyl groups is 3. The fourth-order valence-electron chi connectivity index (χ4n) is 11.4. The molecule has 4 aliphatic rings. The van der Waals surface area contributed by atoms with Crippen molar-refractivity contribution < 1.29 is 82.4 Å². The molecule has 1 aromatic heterocycles. The van der Waals surface area contributed by atoms with Crippen molar-refractivity contribution in [3.63, 3.8) is 0 Å². The van der Waals surface area contributed by atoms with E-state index < -0.39 is 193 Å². The van der Waals surface area contributed by atoms with E-state index in [0.717, 1.165) is 33.7 Å². The maximum Gasteiger partial charge on any atom is 0.322 e. The summed E-state index contributed by atoms with van der Waals surface area (Å²) in [6.45, 7) is 7.43. The Balaban J connectivity index is 1.14. The van der Waals surface area contributed by atoms with E-state index in [4.69, 9.17) is 0 Å². The molecule has 5 heterocycles. The molecule has 0 saturated carbocycles. The van der Waals surface area contributed by atoms with E-state index in [1.807, 2.05) is 0 Å². The third-order valence-electron chi connectivity index (χ3n) is 17.2. The number of anilines is 1. The molecule has 7 rings (SSSR count). The Morgan fingerprint density at radius 1 is 0.793 bits per heavy atom. The van der Waals surface area contributed by atoms with Crippen LogP contribution in [0.4, 0.5) is 10.5 Å². The first kappa shape index (κ1) is 70.8. The van der Waals surface area contributed by atoms with Gasteiger partial charge < -0.3 is 62.4 Å². The van der Waals surface area contributed by atoms with Crippen LogP contribution in [0.15, 0.2) is 65.7 Å². The van der Waals surface area contributed by atoms with Crippen LogP contribution < -0.4 is 42.5 Å². The number of Topliss-reactive ketones (excluding diaryl/α,β-unsaturated/α-hetero) is 3. The fraction of sp³-hybridized carbons (Fsp3) is 0.524. The fourth-order valence-corrected chi connectivity index (χ4v) is 12.6. The van der Waals surface area contributed by atoms with Gasteiger partial charge in [0.25, 0.3) is 17.7 Å². The predicted octanol–water partition coefficient (Wildman–Crippen LogP) is -0.0459. The average molecular weight is 1300 g/mol. The van der Waals surface area contributed by atoms with Gasteiger partial charge in [-0.05, 0) is 47.1 Å². The summed E-state index contributed by atoms with van der Waals surface area (Å²) >= 11 is 1.03. The number of aromatic amines is 1. The summed E-state index contributed by atoms with van der Waals surface area (Å²) in [5.74, 6) is -15.8. The number of rotatable bonds is 19. The number of hydrogen-bond donors (Lipinski definition) is 12. The van der Waals surface area contributed by atoms with Crippen LogP contribution in [0.25, 0.3) is 10.9 Å². The molecular formula is C63H81N11O17S. The highest BCUT2D eigenvalue weighted by molar-refractivity contribution is 7.99. The van der Waals surface area contributed by atoms with Gasteiger partial charge in [0.05, 0.1) is 54.4 Å². The maximum atomic E-state index is 15.1. The third-order valence-corrected chi connectivity index (χ3v) is 18.3. The van der Waals surface area contributed by atoms with E-state index in [-0.39, 0.29) is 50.4 Å². The standard InChI is InChI=1S/C63H81N11O17S/c1-7-32(4)56-60(89)65-27-52(83)67-44-30-92-61-41(39-10-8-9-11-42(39)69-61)24-43(59(88)72-63(91)71-56)68-58(87)40(34(6)49(80)29-75)25-47(78)45-23-38(76)28-74(45)62(90)36(21-46(44)77)22-51(82)64-26-35-12-14-37(15-13-35)66-57(86)33(5)20-48(79)55(31(2)3)70-50(81)18-19-73-53(84)16-17-54(73)85/h8-17,31-34,36,38,40,43-45,49,55-56,69,75-76,80H,7,18-30H2,1-6H3,(H,64,82)(H,65,89)(H,66,86)(H,67,83)(H,68,87)(H,70,81)(H2,71,72,88,91)/t32-,33+,34+,36-,38+,40-,43-,44-,45+,49-,55-,56-/m0/s1. The van der Waals surface area contributed by atoms with Crippen LogP contribution in [0.1, 0.15) is 97.6 Å². The summed E-state index contributed by atoms with van der Waals surface area (Å²) in [7, 11) is 0. The van der Waals surface area contributed by atoms with E-state index in [0.29, 0.717) is 39.2 Å². The number of para-hydroxylation sites is 1. The summed E-state index contributed by atoms with van der Waals surface area (Å²) in [4.78, 5) is 198. The molecule has 0 unspecified atom stereocenters. The van der Waals surface area contributed by atoms with E-state index in [9.17, 15) is 77.6 Å². The number of nitrogens with one attached hydrogen (secondary N) is 9. The van der Waals surface area contributed by atoms with E-state index >= 15 is 4.79 Å². The Kier molecular flexibility index (Phi) is 24.7. The summed E-state index contributed by atoms with van der Waals surface area (Å²) in [5, 5.41) is 53.8. The third kappa shape index (κ3) is 18.3. The molecule has 12 atom stereocenters. The maximum absolute atomic E-state index is 15.1. The van der Waals surface area contributed by atoms with Crippen LogP contribution in [0.2, 0.25) is 0 Å². The van der Waals surface area contributed by atoms with Gasteiger partial charge in [-0.2, -0.15) is 0 Å². The minimum atomic E-state index is -1.62. The van der Waals surface area contributed by atoms with E-state index in [1.165, 1.54) is 13.8 Å². The largest absolute Gasteiger partial charge is 0.394 e. The zero-order chi connectivity index (χ0) is 67.2. The van der Waals surface area contributed by atoms with Crippen molar-refractivity contribution in [3.8, 4) is 0 Å². The number of carbonyl (C=O) groups is 14. The van der Waals surface area contributed by atoms with Gasteiger partial charge >= 0.3 is 6.03 Å². The lowest BCUT2D eigenvalue weighted by molar-refractivity contribution is -0.145. The van der Waals surface area contributed by atoms with Crippen LogP contribution in [-0.2, 0) is 75.3 Å². The number of thioether (sulfide) groups is 1. The quantitative estimate of drug-likeness (QED) is 0.0700. The summed E-state index contributed by atoms with van der Waals surface area (Å²) in [6.07, 6.45) is -3.64. The topological polar surface area (TPSA) is 418 Å². The number of imide groups is 2. The lowest BCUT2D eigenvalue weighted by atomic mass is 9.83. The molecule has 2 bridgehead atoms. The number of benzene rings is 2. The minimum absolute atomic E-state index is 0.139. The molecule has 29 heteroatoms. The minimum Gasteiger partial charge on any atom is -0.394 e. The number of amides is 12. The number of nitrogens with zero attached hydrogens (tertiary/aromatic N) is 2. The molecule has 1 fully saturated rings. The highest BCUT2D eigenvalue weighted by atomic mass is 32.2. The first-order valence-corrected chi connectivity index (χ1v) is 31.7. The molecule has 2 aromatic carbocycles.